The molecule has 1 atom stereocenters. The smallest absolute Gasteiger partial charge is 0.330 e. The van der Waals surface area contributed by atoms with Gasteiger partial charge in [-0.2, -0.15) is 0 Å². The van der Waals surface area contributed by atoms with Gasteiger partial charge in [-0.3, -0.25) is 4.79 Å². The molecule has 1 aromatic heterocycles. The van der Waals surface area contributed by atoms with Crippen molar-refractivity contribution in [2.45, 2.75) is 46.7 Å². The van der Waals surface area contributed by atoms with Crippen LogP contribution in [0.4, 0.5) is 20.3 Å². The van der Waals surface area contributed by atoms with Crippen LogP contribution in [-0.4, -0.2) is 36.1 Å². The Labute approximate surface area is 245 Å². The maximum absolute atomic E-state index is 14.3. The van der Waals surface area contributed by atoms with Crippen molar-refractivity contribution < 1.29 is 27.8 Å². The summed E-state index contributed by atoms with van der Waals surface area (Å²) in [7, 11) is 2.81. The van der Waals surface area contributed by atoms with Crippen molar-refractivity contribution in [2.24, 2.45) is 5.73 Å². The lowest BCUT2D eigenvalue weighted by atomic mass is 9.93. The highest BCUT2D eigenvalue weighted by Gasteiger charge is 2.32. The van der Waals surface area contributed by atoms with Crippen LogP contribution in [-0.2, 0) is 26.4 Å². The lowest BCUT2D eigenvalue weighted by Crippen LogP contribution is -2.42. The van der Waals surface area contributed by atoms with Gasteiger partial charge in [-0.1, -0.05) is 59.1 Å². The molecule has 3 aromatic rings. The van der Waals surface area contributed by atoms with E-state index in [2.05, 4.69) is 38.5 Å². The van der Waals surface area contributed by atoms with E-state index >= 15 is 0 Å². The van der Waals surface area contributed by atoms with Crippen LogP contribution in [0.15, 0.2) is 67.5 Å². The summed E-state index contributed by atoms with van der Waals surface area (Å²) in [6.07, 6.45) is 1.56. The van der Waals surface area contributed by atoms with Crippen LogP contribution in [0.5, 0.6) is 0 Å². The number of carbonyl (C=O) groups is 2. The Morgan fingerprint density at radius 1 is 1.02 bits per heavy atom. The molecule has 0 radical (unpaired) electrons. The minimum Gasteiger partial charge on any atom is -0.497 e. The summed E-state index contributed by atoms with van der Waals surface area (Å²) in [4.78, 5) is 32.6. The normalized spacial score (nSPS) is 12.2. The second kappa shape index (κ2) is 16.6. The third kappa shape index (κ3) is 8.43. The molecule has 0 aliphatic carbocycles. The SMILES string of the molecule is C=CC(=C)OC.CC.CC.COC(=O)C(C)(N)c1ccc(Nc2nc(-c3c(F)cccc3F)nc3c2C(=O)NC3)cc1. The molecule has 1 unspecified atom stereocenters. The van der Waals surface area contributed by atoms with E-state index in [0.29, 0.717) is 22.7 Å². The minimum absolute atomic E-state index is 0.0962. The van der Waals surface area contributed by atoms with E-state index in [-0.39, 0.29) is 29.3 Å². The Hall–Kier alpha value is -4.64. The second-order valence-electron chi connectivity index (χ2n) is 8.27. The van der Waals surface area contributed by atoms with Crippen LogP contribution in [0.1, 0.15) is 56.2 Å². The van der Waals surface area contributed by atoms with Gasteiger partial charge in [0.2, 0.25) is 0 Å². The predicted molar refractivity (Wildman–Crippen MR) is 161 cm³/mol. The summed E-state index contributed by atoms with van der Waals surface area (Å²) in [6.45, 7) is 16.5. The molecule has 0 saturated heterocycles. The zero-order valence-electron chi connectivity index (χ0n) is 25.1. The molecule has 4 rings (SSSR count). The summed E-state index contributed by atoms with van der Waals surface area (Å²) >= 11 is 0. The zero-order valence-corrected chi connectivity index (χ0v) is 25.1. The van der Waals surface area contributed by atoms with Gasteiger partial charge in [-0.25, -0.2) is 23.5 Å². The van der Waals surface area contributed by atoms with Crippen LogP contribution < -0.4 is 16.4 Å². The van der Waals surface area contributed by atoms with Crippen LogP contribution in [0.3, 0.4) is 0 Å². The molecule has 0 bridgehead atoms. The number of hydrogen-bond acceptors (Lipinski definition) is 8. The monoisotopic (exact) mass is 583 g/mol. The average molecular weight is 584 g/mol. The van der Waals surface area contributed by atoms with Crippen LogP contribution in [0, 0.1) is 11.6 Å². The Bertz CT molecular complexity index is 1370. The standard InChI is InChI=1S/C22H19F2N5O3.C5H8O.2C2H6/c1-22(25,21(31)32-2)11-6-8-12(9-7-11)27-19-17-15(10-26-20(17)30)28-18(29-19)16-13(23)4-3-5-14(16)24;1-4-5(2)6-3;2*1-2/h3-9H,10,25H2,1-2H3,(H,26,30)(H,27,28,29);4H,1-2H2,3H3;2*1-2H3. The lowest BCUT2D eigenvalue weighted by Gasteiger charge is -2.22. The molecule has 0 fully saturated rings. The summed E-state index contributed by atoms with van der Waals surface area (Å²) < 4.78 is 37.9. The number of ether oxygens (including phenoxy) is 2. The molecule has 226 valence electrons. The van der Waals surface area contributed by atoms with E-state index in [1.54, 1.807) is 37.5 Å². The van der Waals surface area contributed by atoms with E-state index in [1.807, 2.05) is 27.7 Å². The van der Waals surface area contributed by atoms with E-state index < -0.39 is 29.0 Å². The quantitative estimate of drug-likeness (QED) is 0.172. The average Bonchev–Trinajstić information content (AvgIpc) is 3.39. The number of nitrogens with two attached hydrogens (primary N) is 1. The number of nitrogens with zero attached hydrogens (tertiary/aromatic N) is 2. The largest absolute Gasteiger partial charge is 0.497 e. The molecule has 0 saturated carbocycles. The van der Waals surface area contributed by atoms with E-state index in [9.17, 15) is 18.4 Å². The van der Waals surface area contributed by atoms with Crippen molar-refractivity contribution >= 4 is 23.4 Å². The molecule has 1 amide bonds. The third-order valence-corrected chi connectivity index (χ3v) is 5.66. The fourth-order valence-corrected chi connectivity index (χ4v) is 3.49. The predicted octanol–water partition coefficient (Wildman–Crippen LogP) is 6.14. The first-order valence-corrected chi connectivity index (χ1v) is 13.3. The summed E-state index contributed by atoms with van der Waals surface area (Å²) in [6, 6.07) is 9.97. The summed E-state index contributed by atoms with van der Waals surface area (Å²) in [5, 5.41) is 5.62. The maximum atomic E-state index is 14.3. The number of aromatic nitrogens is 2. The van der Waals surface area contributed by atoms with E-state index in [0.717, 1.165) is 12.1 Å². The van der Waals surface area contributed by atoms with Gasteiger partial charge in [0.05, 0.1) is 32.0 Å². The number of benzene rings is 2. The summed E-state index contributed by atoms with van der Waals surface area (Å²) in [5.41, 5.74) is 5.85. The highest BCUT2D eigenvalue weighted by molar-refractivity contribution is 6.03. The van der Waals surface area contributed by atoms with Crippen molar-refractivity contribution in [3.8, 4) is 11.4 Å². The number of fused-ring (bicyclic) bond motifs is 1. The number of hydrogen-bond donors (Lipinski definition) is 3. The Morgan fingerprint density at radius 2 is 1.60 bits per heavy atom. The van der Waals surface area contributed by atoms with Gasteiger partial charge in [0.15, 0.2) is 5.82 Å². The number of rotatable bonds is 7. The van der Waals surface area contributed by atoms with E-state index in [1.165, 1.54) is 20.1 Å². The highest BCUT2D eigenvalue weighted by atomic mass is 19.1. The molecule has 9 nitrogen and oxygen atoms in total. The molecule has 42 heavy (non-hydrogen) atoms. The van der Waals surface area contributed by atoms with Gasteiger partial charge in [-0.05, 0) is 42.8 Å². The summed E-state index contributed by atoms with van der Waals surface area (Å²) in [5.74, 6) is -2.12. The first kappa shape index (κ1) is 35.4. The number of esters is 1. The maximum Gasteiger partial charge on any atom is 0.330 e. The molecule has 1 aliphatic rings. The van der Waals surface area contributed by atoms with Gasteiger partial charge < -0.3 is 25.8 Å². The number of halogens is 2. The molecular formula is C31H39F2N5O4. The Kier molecular flexibility index (Phi) is 14.0. The molecule has 4 N–H and O–H groups in total. The number of anilines is 2. The van der Waals surface area contributed by atoms with Crippen molar-refractivity contribution in [1.29, 1.82) is 0 Å². The third-order valence-electron chi connectivity index (χ3n) is 5.66. The van der Waals surface area contributed by atoms with Gasteiger partial charge in [0.25, 0.3) is 5.91 Å². The molecule has 11 heteroatoms. The van der Waals surface area contributed by atoms with Crippen molar-refractivity contribution in [2.75, 3.05) is 19.5 Å². The lowest BCUT2D eigenvalue weighted by molar-refractivity contribution is -0.146. The van der Waals surface area contributed by atoms with Gasteiger partial charge in [-0.15, -0.1) is 0 Å². The van der Waals surface area contributed by atoms with Crippen LogP contribution in [0.25, 0.3) is 11.4 Å². The topological polar surface area (TPSA) is 128 Å². The number of allylic oxidation sites excluding steroid dienone is 1. The number of methoxy groups -OCH3 is 2. The van der Waals surface area contributed by atoms with Crippen molar-refractivity contribution in [3.05, 3.63) is 95.9 Å². The Balaban J connectivity index is 0.000000775. The van der Waals surface area contributed by atoms with Gasteiger partial charge >= 0.3 is 5.97 Å². The van der Waals surface area contributed by atoms with E-state index in [4.69, 9.17) is 10.5 Å². The van der Waals surface area contributed by atoms with Gasteiger partial charge in [0, 0.05) is 5.69 Å². The fraction of sp³-hybridized carbons (Fsp3) is 0.290. The first-order valence-electron chi connectivity index (χ1n) is 13.3. The molecule has 2 aromatic carbocycles. The highest BCUT2D eigenvalue weighted by Crippen LogP contribution is 2.31. The number of nitrogens with one attached hydrogen (secondary N) is 2. The van der Waals surface area contributed by atoms with Gasteiger partial charge in [0.1, 0.15) is 34.3 Å². The number of amides is 1. The first-order chi connectivity index (χ1) is 20.0. The molecular weight excluding hydrogens is 544 g/mol. The fourth-order valence-electron chi connectivity index (χ4n) is 3.49. The van der Waals surface area contributed by atoms with Crippen molar-refractivity contribution in [1.82, 2.24) is 15.3 Å². The Morgan fingerprint density at radius 3 is 2.07 bits per heavy atom. The van der Waals surface area contributed by atoms with Crippen LogP contribution >= 0.6 is 0 Å². The molecule has 0 spiro atoms. The second-order valence-corrected chi connectivity index (χ2v) is 8.27. The van der Waals surface area contributed by atoms with Crippen molar-refractivity contribution in [3.63, 3.8) is 0 Å². The number of carbonyl (C=O) groups excluding carboxylic acids is 2. The minimum atomic E-state index is -1.35. The van der Waals surface area contributed by atoms with Crippen LogP contribution in [0.2, 0.25) is 0 Å². The molecule has 1 aliphatic heterocycles. The molecule has 2 heterocycles. The zero-order chi connectivity index (χ0) is 32.0.